The van der Waals surface area contributed by atoms with Crippen molar-refractivity contribution in [1.82, 2.24) is 10.3 Å². The summed E-state index contributed by atoms with van der Waals surface area (Å²) in [5.41, 5.74) is 1.29. The van der Waals surface area contributed by atoms with Gasteiger partial charge in [0, 0.05) is 27.1 Å². The van der Waals surface area contributed by atoms with Crippen LogP contribution in [0.3, 0.4) is 0 Å². The quantitative estimate of drug-likeness (QED) is 0.103. The molecule has 3 aromatic carbocycles. The van der Waals surface area contributed by atoms with Gasteiger partial charge in [0.2, 0.25) is 5.91 Å². The van der Waals surface area contributed by atoms with Crippen molar-refractivity contribution >= 4 is 80.7 Å². The Labute approximate surface area is 270 Å². The summed E-state index contributed by atoms with van der Waals surface area (Å²) in [5.74, 6) is -2.10. The van der Waals surface area contributed by atoms with Crippen molar-refractivity contribution in [2.45, 2.75) is 17.1 Å². The summed E-state index contributed by atoms with van der Waals surface area (Å²) >= 11 is 10.4. The van der Waals surface area contributed by atoms with Gasteiger partial charge in [-0.05, 0) is 66.9 Å². The molecule has 1 atom stereocenters. The zero-order valence-corrected chi connectivity index (χ0v) is 26.3. The van der Waals surface area contributed by atoms with Crippen molar-refractivity contribution in [2.24, 2.45) is 0 Å². The standard InChI is InChI=1S/C32H24ClFN4O3S3/c1-19(29(39)38-32-37-27(18-43-32)28-14-7-15-42-28)44-22-11-5-10-21(16-22)35-31(41)26(17-23-24(33)12-6-13-25(23)34)36-30(40)20-8-3-2-4-9-20/h2-19H,1H3,(H,35,41)(H,36,40)(H,37,38,39)/b26-17+. The molecule has 0 fully saturated rings. The fourth-order valence-corrected chi connectivity index (χ4v) is 6.53. The number of hydrogen-bond donors (Lipinski definition) is 3. The monoisotopic (exact) mass is 662 g/mol. The number of hydrogen-bond acceptors (Lipinski definition) is 7. The average Bonchev–Trinajstić information content (AvgIpc) is 3.72. The first kappa shape index (κ1) is 31.1. The SMILES string of the molecule is CC(Sc1cccc(NC(=O)/C(=C\c2c(F)cccc2Cl)NC(=O)c2ccccc2)c1)C(=O)Nc1nc(-c2cccs2)cs1. The maximum absolute atomic E-state index is 14.6. The molecule has 222 valence electrons. The highest BCUT2D eigenvalue weighted by atomic mass is 35.5. The van der Waals surface area contributed by atoms with Crippen LogP contribution in [-0.2, 0) is 9.59 Å². The molecule has 1 unspecified atom stereocenters. The summed E-state index contributed by atoms with van der Waals surface area (Å²) < 4.78 is 14.6. The van der Waals surface area contributed by atoms with Crippen molar-refractivity contribution in [1.29, 1.82) is 0 Å². The molecular formula is C32H24ClFN4O3S3. The van der Waals surface area contributed by atoms with Gasteiger partial charge >= 0.3 is 0 Å². The highest BCUT2D eigenvalue weighted by Crippen LogP contribution is 2.30. The van der Waals surface area contributed by atoms with Crippen LogP contribution >= 0.6 is 46.0 Å². The number of nitrogens with one attached hydrogen (secondary N) is 3. The predicted molar refractivity (Wildman–Crippen MR) is 178 cm³/mol. The molecule has 0 spiro atoms. The minimum atomic E-state index is -0.688. The molecule has 0 aliphatic carbocycles. The third-order valence-corrected chi connectivity index (χ3v) is 9.17. The number of thiazole rings is 1. The molecule has 3 amide bonds. The molecule has 7 nitrogen and oxygen atoms in total. The van der Waals surface area contributed by atoms with Gasteiger partial charge in [-0.1, -0.05) is 48.0 Å². The Morgan fingerprint density at radius 2 is 1.75 bits per heavy atom. The fraction of sp³-hybridized carbons (Fsp3) is 0.0625. The Bertz CT molecular complexity index is 1810. The molecule has 5 rings (SSSR count). The third kappa shape index (κ3) is 8.00. The molecule has 0 saturated carbocycles. The molecule has 5 aromatic rings. The first-order valence-electron chi connectivity index (χ1n) is 13.2. The van der Waals surface area contributed by atoms with E-state index in [1.165, 1.54) is 47.4 Å². The van der Waals surface area contributed by atoms with E-state index < -0.39 is 22.9 Å². The van der Waals surface area contributed by atoms with Crippen LogP contribution in [0.15, 0.2) is 106 Å². The zero-order valence-electron chi connectivity index (χ0n) is 23.0. The van der Waals surface area contributed by atoms with E-state index in [0.29, 0.717) is 16.4 Å². The number of thiophene rings is 1. The molecular weight excluding hydrogens is 639 g/mol. The van der Waals surface area contributed by atoms with E-state index in [2.05, 4.69) is 20.9 Å². The van der Waals surface area contributed by atoms with Crippen LogP contribution in [0.5, 0.6) is 0 Å². The van der Waals surface area contributed by atoms with Crippen molar-refractivity contribution in [3.8, 4) is 10.6 Å². The Balaban J connectivity index is 1.28. The van der Waals surface area contributed by atoms with Crippen LogP contribution in [0.2, 0.25) is 5.02 Å². The van der Waals surface area contributed by atoms with Gasteiger partial charge in [0.25, 0.3) is 11.8 Å². The second-order valence-electron chi connectivity index (χ2n) is 9.26. The molecule has 3 N–H and O–H groups in total. The number of benzene rings is 3. The summed E-state index contributed by atoms with van der Waals surface area (Å²) in [5, 5.41) is 12.2. The smallest absolute Gasteiger partial charge is 0.272 e. The molecule has 2 aromatic heterocycles. The van der Waals surface area contributed by atoms with Crippen molar-refractivity contribution in [2.75, 3.05) is 10.6 Å². The molecule has 0 aliphatic heterocycles. The van der Waals surface area contributed by atoms with Gasteiger partial charge in [-0.3, -0.25) is 14.4 Å². The molecule has 0 radical (unpaired) electrons. The highest BCUT2D eigenvalue weighted by molar-refractivity contribution is 8.00. The van der Waals surface area contributed by atoms with E-state index in [0.717, 1.165) is 15.5 Å². The maximum Gasteiger partial charge on any atom is 0.272 e. The van der Waals surface area contributed by atoms with Gasteiger partial charge in [-0.2, -0.15) is 0 Å². The highest BCUT2D eigenvalue weighted by Gasteiger charge is 2.19. The summed E-state index contributed by atoms with van der Waals surface area (Å²) in [6.07, 6.45) is 1.20. The van der Waals surface area contributed by atoms with Crippen LogP contribution in [0.4, 0.5) is 15.2 Å². The summed E-state index contributed by atoms with van der Waals surface area (Å²) in [6, 6.07) is 23.3. The first-order chi connectivity index (χ1) is 21.3. The Kier molecular flexibility index (Phi) is 10.2. The van der Waals surface area contributed by atoms with Crippen LogP contribution in [0.1, 0.15) is 22.8 Å². The molecule has 44 heavy (non-hydrogen) atoms. The Hall–Kier alpha value is -4.29. The summed E-state index contributed by atoms with van der Waals surface area (Å²) in [6.45, 7) is 1.77. The first-order valence-corrected chi connectivity index (χ1v) is 16.2. The number of aromatic nitrogens is 1. The van der Waals surface area contributed by atoms with Crippen molar-refractivity contribution < 1.29 is 18.8 Å². The number of rotatable bonds is 10. The lowest BCUT2D eigenvalue weighted by atomic mass is 10.1. The van der Waals surface area contributed by atoms with Crippen LogP contribution in [-0.4, -0.2) is 28.0 Å². The minimum Gasteiger partial charge on any atom is -0.321 e. The topological polar surface area (TPSA) is 100 Å². The van der Waals surface area contributed by atoms with Gasteiger partial charge in [-0.15, -0.1) is 34.4 Å². The van der Waals surface area contributed by atoms with E-state index in [9.17, 15) is 18.8 Å². The van der Waals surface area contributed by atoms with Gasteiger partial charge in [0.1, 0.15) is 11.5 Å². The molecule has 12 heteroatoms. The number of anilines is 2. The van der Waals surface area contributed by atoms with E-state index in [4.69, 9.17) is 11.6 Å². The van der Waals surface area contributed by atoms with Crippen LogP contribution in [0, 0.1) is 5.82 Å². The number of carbonyl (C=O) groups is 3. The molecule has 0 saturated heterocycles. The normalized spacial score (nSPS) is 11.9. The Morgan fingerprint density at radius 3 is 2.50 bits per heavy atom. The molecule has 2 heterocycles. The Morgan fingerprint density at radius 1 is 0.955 bits per heavy atom. The third-order valence-electron chi connectivity index (χ3n) is 6.10. The largest absolute Gasteiger partial charge is 0.321 e. The molecule has 0 bridgehead atoms. The lowest BCUT2D eigenvalue weighted by Crippen LogP contribution is -2.30. The minimum absolute atomic E-state index is 0.0421. The van der Waals surface area contributed by atoms with E-state index in [-0.39, 0.29) is 22.2 Å². The maximum atomic E-state index is 14.6. The number of thioether (sulfide) groups is 1. The van der Waals surface area contributed by atoms with E-state index in [1.807, 2.05) is 29.0 Å². The van der Waals surface area contributed by atoms with Crippen molar-refractivity contribution in [3.05, 3.63) is 123 Å². The van der Waals surface area contributed by atoms with Gasteiger partial charge < -0.3 is 16.0 Å². The predicted octanol–water partition coefficient (Wildman–Crippen LogP) is 8.19. The zero-order chi connectivity index (χ0) is 31.1. The van der Waals surface area contributed by atoms with Gasteiger partial charge in [0.05, 0.1) is 20.8 Å². The lowest BCUT2D eigenvalue weighted by molar-refractivity contribution is -0.115. The molecule has 0 aliphatic rings. The summed E-state index contributed by atoms with van der Waals surface area (Å²) in [4.78, 5) is 45.4. The van der Waals surface area contributed by atoms with E-state index >= 15 is 0 Å². The number of halogens is 2. The van der Waals surface area contributed by atoms with E-state index in [1.54, 1.807) is 66.8 Å². The van der Waals surface area contributed by atoms with Crippen LogP contribution in [0.25, 0.3) is 16.6 Å². The fourth-order valence-electron chi connectivity index (χ4n) is 3.91. The second-order valence-corrected chi connectivity index (χ2v) is 12.9. The number of nitrogens with zero attached hydrogens (tertiary/aromatic N) is 1. The number of carbonyl (C=O) groups excluding carboxylic acids is 3. The second kappa shape index (κ2) is 14.5. The van der Waals surface area contributed by atoms with Crippen molar-refractivity contribution in [3.63, 3.8) is 0 Å². The number of amides is 3. The van der Waals surface area contributed by atoms with Gasteiger partial charge in [0.15, 0.2) is 5.13 Å². The van der Waals surface area contributed by atoms with Gasteiger partial charge in [-0.25, -0.2) is 9.37 Å². The average molecular weight is 663 g/mol. The summed E-state index contributed by atoms with van der Waals surface area (Å²) in [7, 11) is 0. The lowest BCUT2D eigenvalue weighted by Gasteiger charge is -2.14. The van der Waals surface area contributed by atoms with Crippen LogP contribution < -0.4 is 16.0 Å².